The first kappa shape index (κ1) is 19.8. The minimum absolute atomic E-state index is 0. The highest BCUT2D eigenvalue weighted by Crippen LogP contribution is 2.36. The fraction of sp³-hybridized carbons (Fsp3) is 0.316. The topological polar surface area (TPSA) is 41.1 Å². The quantitative estimate of drug-likeness (QED) is 0.772. The molecule has 2 N–H and O–H groups in total. The number of rotatable bonds is 5. The van der Waals surface area contributed by atoms with E-state index in [2.05, 4.69) is 10.6 Å². The Morgan fingerprint density at radius 3 is 2.56 bits per heavy atom. The van der Waals surface area contributed by atoms with Crippen LogP contribution in [0.1, 0.15) is 23.7 Å². The zero-order valence-corrected chi connectivity index (χ0v) is 15.4. The Bertz CT molecular complexity index is 680. The highest BCUT2D eigenvalue weighted by atomic mass is 35.5. The lowest BCUT2D eigenvalue weighted by Crippen LogP contribution is -2.46. The van der Waals surface area contributed by atoms with Crippen LogP contribution in [0.4, 0.5) is 4.39 Å². The third-order valence-corrected chi connectivity index (χ3v) is 5.37. The molecule has 134 valence electrons. The Morgan fingerprint density at radius 2 is 1.88 bits per heavy atom. The van der Waals surface area contributed by atoms with Gasteiger partial charge < -0.3 is 10.6 Å². The maximum Gasteiger partial charge on any atom is 0.238 e. The second-order valence-electron chi connectivity index (χ2n) is 5.89. The van der Waals surface area contributed by atoms with Crippen LogP contribution in [0.3, 0.4) is 0 Å². The molecule has 0 saturated carbocycles. The van der Waals surface area contributed by atoms with Crippen LogP contribution >= 0.6 is 24.2 Å². The molecule has 2 aromatic rings. The van der Waals surface area contributed by atoms with Crippen molar-refractivity contribution in [3.63, 3.8) is 0 Å². The van der Waals surface area contributed by atoms with Crippen molar-refractivity contribution in [2.45, 2.75) is 29.0 Å². The Kier molecular flexibility index (Phi) is 7.75. The van der Waals surface area contributed by atoms with Gasteiger partial charge in [0, 0.05) is 17.5 Å². The van der Waals surface area contributed by atoms with Crippen LogP contribution < -0.4 is 10.6 Å². The van der Waals surface area contributed by atoms with Crippen LogP contribution in [0.25, 0.3) is 0 Å². The van der Waals surface area contributed by atoms with E-state index in [-0.39, 0.29) is 30.2 Å². The third-order valence-electron chi connectivity index (χ3n) is 4.07. The fourth-order valence-electron chi connectivity index (χ4n) is 2.82. The Hall–Kier alpha value is -1.56. The van der Waals surface area contributed by atoms with Crippen molar-refractivity contribution in [2.24, 2.45) is 0 Å². The lowest BCUT2D eigenvalue weighted by atomic mass is 10.1. The summed E-state index contributed by atoms with van der Waals surface area (Å²) in [5.74, 6) is -0.362. The van der Waals surface area contributed by atoms with Crippen molar-refractivity contribution in [1.82, 2.24) is 10.6 Å². The molecule has 0 spiro atoms. The predicted octanol–water partition coefficient (Wildman–Crippen LogP) is 3.95. The van der Waals surface area contributed by atoms with Crippen molar-refractivity contribution in [1.29, 1.82) is 0 Å². The van der Waals surface area contributed by atoms with E-state index in [1.165, 1.54) is 17.8 Å². The number of carbonyl (C=O) groups is 1. The molecule has 3 nitrogen and oxygen atoms in total. The molecule has 2 atom stereocenters. The van der Waals surface area contributed by atoms with E-state index < -0.39 is 5.25 Å². The minimum Gasteiger partial charge on any atom is -0.351 e. The molecule has 1 aliphatic heterocycles. The zero-order chi connectivity index (χ0) is 16.8. The molecular weight excluding hydrogens is 359 g/mol. The molecule has 1 heterocycles. The van der Waals surface area contributed by atoms with Crippen LogP contribution in [0.5, 0.6) is 0 Å². The molecule has 6 heteroatoms. The molecule has 3 rings (SSSR count). The smallest absolute Gasteiger partial charge is 0.238 e. The molecule has 2 unspecified atom stereocenters. The fourth-order valence-corrected chi connectivity index (χ4v) is 3.88. The molecular formula is C19H22ClFN2OS. The maximum absolute atomic E-state index is 14.0. The van der Waals surface area contributed by atoms with Gasteiger partial charge in [-0.2, -0.15) is 0 Å². The van der Waals surface area contributed by atoms with Gasteiger partial charge in [-0.1, -0.05) is 42.5 Å². The molecule has 1 amide bonds. The van der Waals surface area contributed by atoms with Gasteiger partial charge in [0.2, 0.25) is 5.91 Å². The minimum atomic E-state index is -0.468. The molecule has 0 bridgehead atoms. The van der Waals surface area contributed by atoms with E-state index >= 15 is 0 Å². The Labute approximate surface area is 158 Å². The van der Waals surface area contributed by atoms with E-state index in [1.54, 1.807) is 18.2 Å². The molecule has 0 aliphatic carbocycles. The average Bonchev–Trinajstić information content (AvgIpc) is 2.62. The second kappa shape index (κ2) is 9.80. The van der Waals surface area contributed by atoms with Crippen LogP contribution in [-0.2, 0) is 4.79 Å². The Balaban J connectivity index is 0.00000225. The molecule has 2 aromatic carbocycles. The SMILES string of the molecule is Cl.O=C(NC1CCCNC1)C(Sc1ccccc1F)c1ccccc1. The molecule has 1 fully saturated rings. The number of hydrogen-bond acceptors (Lipinski definition) is 3. The van der Waals surface area contributed by atoms with Crippen molar-refractivity contribution in [2.75, 3.05) is 13.1 Å². The number of thioether (sulfide) groups is 1. The number of amides is 1. The van der Waals surface area contributed by atoms with Gasteiger partial charge in [0.1, 0.15) is 11.1 Å². The first-order valence-electron chi connectivity index (χ1n) is 8.21. The zero-order valence-electron chi connectivity index (χ0n) is 13.8. The maximum atomic E-state index is 14.0. The van der Waals surface area contributed by atoms with Gasteiger partial charge >= 0.3 is 0 Å². The Morgan fingerprint density at radius 1 is 1.16 bits per heavy atom. The lowest BCUT2D eigenvalue weighted by molar-refractivity contribution is -0.121. The van der Waals surface area contributed by atoms with Crippen LogP contribution in [0, 0.1) is 5.82 Å². The van der Waals surface area contributed by atoms with E-state index in [9.17, 15) is 9.18 Å². The van der Waals surface area contributed by atoms with E-state index in [0.717, 1.165) is 31.5 Å². The number of hydrogen-bond donors (Lipinski definition) is 2. The molecule has 0 aromatic heterocycles. The van der Waals surface area contributed by atoms with Crippen molar-refractivity contribution >= 4 is 30.1 Å². The molecule has 1 saturated heterocycles. The highest BCUT2D eigenvalue weighted by Gasteiger charge is 2.25. The van der Waals surface area contributed by atoms with Crippen LogP contribution in [0.2, 0.25) is 0 Å². The summed E-state index contributed by atoms with van der Waals surface area (Å²) in [6.45, 7) is 1.79. The van der Waals surface area contributed by atoms with Gasteiger partial charge in [0.15, 0.2) is 0 Å². The summed E-state index contributed by atoms with van der Waals surface area (Å²) in [5.41, 5.74) is 0.882. The van der Waals surface area contributed by atoms with E-state index in [0.29, 0.717) is 4.90 Å². The first-order chi connectivity index (χ1) is 11.7. The van der Waals surface area contributed by atoms with E-state index in [1.807, 2.05) is 30.3 Å². The highest BCUT2D eigenvalue weighted by molar-refractivity contribution is 8.00. The lowest BCUT2D eigenvalue weighted by Gasteiger charge is -2.26. The second-order valence-corrected chi connectivity index (χ2v) is 7.04. The summed E-state index contributed by atoms with van der Waals surface area (Å²) in [7, 11) is 0. The summed E-state index contributed by atoms with van der Waals surface area (Å²) in [4.78, 5) is 13.3. The predicted molar refractivity (Wildman–Crippen MR) is 103 cm³/mol. The summed E-state index contributed by atoms with van der Waals surface area (Å²) in [6.07, 6.45) is 2.03. The summed E-state index contributed by atoms with van der Waals surface area (Å²) >= 11 is 1.26. The summed E-state index contributed by atoms with van der Waals surface area (Å²) < 4.78 is 14.0. The van der Waals surface area contributed by atoms with Crippen molar-refractivity contribution in [3.8, 4) is 0 Å². The summed E-state index contributed by atoms with van der Waals surface area (Å²) in [6, 6.07) is 16.3. The van der Waals surface area contributed by atoms with Crippen molar-refractivity contribution in [3.05, 3.63) is 66.0 Å². The summed E-state index contributed by atoms with van der Waals surface area (Å²) in [5, 5.41) is 5.94. The monoisotopic (exact) mass is 380 g/mol. The largest absolute Gasteiger partial charge is 0.351 e. The van der Waals surface area contributed by atoms with Gasteiger partial charge in [-0.05, 0) is 37.1 Å². The van der Waals surface area contributed by atoms with Crippen LogP contribution in [0.15, 0.2) is 59.5 Å². The molecule has 1 aliphatic rings. The number of nitrogens with one attached hydrogen (secondary N) is 2. The molecule has 25 heavy (non-hydrogen) atoms. The first-order valence-corrected chi connectivity index (χ1v) is 9.09. The number of carbonyl (C=O) groups excluding carboxylic acids is 1. The van der Waals surface area contributed by atoms with Gasteiger partial charge in [-0.3, -0.25) is 4.79 Å². The average molecular weight is 381 g/mol. The number of piperidine rings is 1. The number of benzene rings is 2. The van der Waals surface area contributed by atoms with Gasteiger partial charge in [-0.25, -0.2) is 4.39 Å². The van der Waals surface area contributed by atoms with Crippen LogP contribution in [-0.4, -0.2) is 25.0 Å². The van der Waals surface area contributed by atoms with Gasteiger partial charge in [0.05, 0.1) is 0 Å². The van der Waals surface area contributed by atoms with E-state index in [4.69, 9.17) is 0 Å². The molecule has 0 radical (unpaired) electrons. The normalized spacial score (nSPS) is 18.0. The van der Waals surface area contributed by atoms with Crippen molar-refractivity contribution < 1.29 is 9.18 Å². The van der Waals surface area contributed by atoms with Gasteiger partial charge in [0.25, 0.3) is 0 Å². The third kappa shape index (κ3) is 5.46. The van der Waals surface area contributed by atoms with Gasteiger partial charge in [-0.15, -0.1) is 24.2 Å². The number of halogens is 2. The standard InChI is InChI=1S/C19H21FN2OS.ClH/c20-16-10-4-5-11-17(16)24-18(14-7-2-1-3-8-14)19(23)22-15-9-6-12-21-13-15;/h1-5,7-8,10-11,15,18,21H,6,9,12-13H2,(H,22,23);1H.